The summed E-state index contributed by atoms with van der Waals surface area (Å²) < 4.78 is 5.37. The van der Waals surface area contributed by atoms with Gasteiger partial charge in [0, 0.05) is 10.6 Å². The molecule has 6 nitrogen and oxygen atoms in total. The van der Waals surface area contributed by atoms with Crippen LogP contribution in [-0.4, -0.2) is 23.6 Å². The Morgan fingerprint density at radius 1 is 1.23 bits per heavy atom. The molecule has 26 heavy (non-hydrogen) atoms. The molecule has 0 aromatic heterocycles. The van der Waals surface area contributed by atoms with E-state index in [9.17, 15) is 9.59 Å². The number of primary amides is 1. The quantitative estimate of drug-likeness (QED) is 0.771. The van der Waals surface area contributed by atoms with Crippen molar-refractivity contribution in [1.29, 1.82) is 0 Å². The number of halogens is 1. The summed E-state index contributed by atoms with van der Waals surface area (Å²) in [6.45, 7) is -0.233. The van der Waals surface area contributed by atoms with Crippen LogP contribution in [0.2, 0.25) is 5.02 Å². The monoisotopic (exact) mass is 387 g/mol. The number of benzene rings is 2. The molecule has 1 saturated heterocycles. The molecule has 3 N–H and O–H groups in total. The molecule has 0 radical (unpaired) electrons. The number of para-hydroxylation sites is 1. The van der Waals surface area contributed by atoms with Gasteiger partial charge >= 0.3 is 0 Å². The Balaban J connectivity index is 1.81. The normalized spacial score (nSPS) is 16.7. The highest BCUT2D eigenvalue weighted by Crippen LogP contribution is 2.30. The van der Waals surface area contributed by atoms with Crippen molar-refractivity contribution in [3.63, 3.8) is 0 Å². The first-order valence-electron chi connectivity index (χ1n) is 7.56. The van der Waals surface area contributed by atoms with E-state index in [2.05, 4.69) is 10.3 Å². The van der Waals surface area contributed by atoms with Gasteiger partial charge in [-0.1, -0.05) is 29.8 Å². The van der Waals surface area contributed by atoms with Gasteiger partial charge in [0.25, 0.3) is 11.8 Å². The second kappa shape index (κ2) is 8.07. The lowest BCUT2D eigenvalue weighted by molar-refractivity contribution is -0.120. The highest BCUT2D eigenvalue weighted by Gasteiger charge is 2.24. The van der Waals surface area contributed by atoms with Crippen LogP contribution in [0.3, 0.4) is 0 Å². The molecule has 0 atom stereocenters. The minimum Gasteiger partial charge on any atom is -0.483 e. The van der Waals surface area contributed by atoms with Crippen molar-refractivity contribution in [1.82, 2.24) is 5.32 Å². The van der Waals surface area contributed by atoms with Crippen molar-refractivity contribution in [2.24, 2.45) is 10.7 Å². The molecule has 0 spiro atoms. The molecule has 8 heteroatoms. The van der Waals surface area contributed by atoms with Crippen LogP contribution in [0.25, 0.3) is 6.08 Å². The number of carbonyl (C=O) groups excluding carboxylic acids is 2. The van der Waals surface area contributed by atoms with Gasteiger partial charge in [0.05, 0.1) is 10.6 Å². The zero-order chi connectivity index (χ0) is 18.5. The van der Waals surface area contributed by atoms with E-state index in [0.717, 1.165) is 0 Å². The van der Waals surface area contributed by atoms with Crippen LogP contribution in [0.5, 0.6) is 5.75 Å². The van der Waals surface area contributed by atoms with Crippen LogP contribution < -0.4 is 15.8 Å². The summed E-state index contributed by atoms with van der Waals surface area (Å²) in [7, 11) is 0. The molecule has 132 valence electrons. The largest absolute Gasteiger partial charge is 0.483 e. The number of nitrogens with two attached hydrogens (primary N) is 1. The number of thioether (sulfide) groups is 1. The lowest BCUT2D eigenvalue weighted by Gasteiger charge is -2.07. The van der Waals surface area contributed by atoms with Crippen molar-refractivity contribution >= 4 is 52.1 Å². The zero-order valence-corrected chi connectivity index (χ0v) is 15.0. The second-order valence-electron chi connectivity index (χ2n) is 5.25. The molecule has 0 unspecified atom stereocenters. The first kappa shape index (κ1) is 18.0. The Kier molecular flexibility index (Phi) is 5.60. The number of ether oxygens (including phenoxy) is 1. The van der Waals surface area contributed by atoms with Crippen LogP contribution >= 0.6 is 23.4 Å². The molecular weight excluding hydrogens is 374 g/mol. The van der Waals surface area contributed by atoms with E-state index >= 15 is 0 Å². The van der Waals surface area contributed by atoms with Gasteiger partial charge < -0.3 is 15.8 Å². The van der Waals surface area contributed by atoms with Gasteiger partial charge in [-0.15, -0.1) is 0 Å². The van der Waals surface area contributed by atoms with Crippen molar-refractivity contribution in [2.45, 2.75) is 0 Å². The molecular formula is C18H14ClN3O3S. The smallest absolute Gasteiger partial charge is 0.264 e. The van der Waals surface area contributed by atoms with E-state index in [1.54, 1.807) is 48.5 Å². The predicted molar refractivity (Wildman–Crippen MR) is 103 cm³/mol. The third-order valence-corrected chi connectivity index (χ3v) is 4.45. The molecule has 0 saturated carbocycles. The summed E-state index contributed by atoms with van der Waals surface area (Å²) in [4.78, 5) is 27.9. The van der Waals surface area contributed by atoms with Crippen LogP contribution in [-0.2, 0) is 9.59 Å². The Bertz CT molecular complexity index is 910. The maximum absolute atomic E-state index is 12.2. The van der Waals surface area contributed by atoms with Gasteiger partial charge in [0.15, 0.2) is 11.8 Å². The Morgan fingerprint density at radius 2 is 1.96 bits per heavy atom. The highest BCUT2D eigenvalue weighted by atomic mass is 35.5. The van der Waals surface area contributed by atoms with Gasteiger partial charge in [-0.3, -0.25) is 9.59 Å². The number of rotatable bonds is 5. The number of nitrogens with zero attached hydrogens (tertiary/aromatic N) is 1. The summed E-state index contributed by atoms with van der Waals surface area (Å²) in [6.07, 6.45) is 1.68. The van der Waals surface area contributed by atoms with Gasteiger partial charge in [-0.25, -0.2) is 4.99 Å². The molecule has 3 rings (SSSR count). The first-order chi connectivity index (χ1) is 12.5. The van der Waals surface area contributed by atoms with E-state index in [-0.39, 0.29) is 12.5 Å². The molecule has 2 aromatic carbocycles. The van der Waals surface area contributed by atoms with Crippen LogP contribution in [0.15, 0.2) is 58.4 Å². The molecule has 2 aromatic rings. The zero-order valence-electron chi connectivity index (χ0n) is 13.4. The Hall–Kier alpha value is -2.77. The van der Waals surface area contributed by atoms with E-state index in [1.165, 1.54) is 11.8 Å². The lowest BCUT2D eigenvalue weighted by atomic mass is 10.2. The van der Waals surface area contributed by atoms with Crippen LogP contribution in [0.4, 0.5) is 5.69 Å². The SMILES string of the molecule is NC(=O)COc1ccccc1/C=C1\SC(=Nc2ccc(Cl)cc2)NC1=O. The fourth-order valence-electron chi connectivity index (χ4n) is 2.13. The maximum Gasteiger partial charge on any atom is 0.264 e. The summed E-state index contributed by atoms with van der Waals surface area (Å²) in [5.74, 6) is -0.361. The van der Waals surface area contributed by atoms with E-state index in [0.29, 0.717) is 32.1 Å². The first-order valence-corrected chi connectivity index (χ1v) is 8.76. The Morgan fingerprint density at radius 3 is 2.69 bits per heavy atom. The van der Waals surface area contributed by atoms with Crippen molar-refractivity contribution < 1.29 is 14.3 Å². The number of hydrogen-bond acceptors (Lipinski definition) is 5. The van der Waals surface area contributed by atoms with Gasteiger partial charge in [0.1, 0.15) is 5.75 Å². The third kappa shape index (κ3) is 4.65. The van der Waals surface area contributed by atoms with Gasteiger partial charge in [0.2, 0.25) is 0 Å². The number of hydrogen-bond donors (Lipinski definition) is 2. The second-order valence-corrected chi connectivity index (χ2v) is 6.72. The summed E-state index contributed by atoms with van der Waals surface area (Å²) >= 11 is 7.07. The van der Waals surface area contributed by atoms with Crippen molar-refractivity contribution in [3.05, 3.63) is 64.0 Å². The fourth-order valence-corrected chi connectivity index (χ4v) is 3.09. The average molecular weight is 388 g/mol. The molecule has 1 fully saturated rings. The van der Waals surface area contributed by atoms with Crippen LogP contribution in [0.1, 0.15) is 5.56 Å². The molecule has 0 bridgehead atoms. The number of nitrogens with one attached hydrogen (secondary N) is 1. The standard InChI is InChI=1S/C18H14ClN3O3S/c19-12-5-7-13(8-6-12)21-18-22-17(24)15(26-18)9-11-3-1-2-4-14(11)25-10-16(20)23/h1-9H,10H2,(H2,20,23)(H,21,22,24)/b15-9-. The van der Waals surface area contributed by atoms with Crippen LogP contribution in [0, 0.1) is 0 Å². The van der Waals surface area contributed by atoms with Gasteiger partial charge in [-0.05, 0) is 48.2 Å². The lowest BCUT2D eigenvalue weighted by Crippen LogP contribution is -2.20. The van der Waals surface area contributed by atoms with E-state index in [1.807, 2.05) is 6.07 Å². The highest BCUT2D eigenvalue weighted by molar-refractivity contribution is 8.18. The third-order valence-electron chi connectivity index (χ3n) is 3.28. The topological polar surface area (TPSA) is 93.8 Å². The summed E-state index contributed by atoms with van der Waals surface area (Å²) in [5.41, 5.74) is 6.46. The molecule has 2 amide bonds. The van der Waals surface area contributed by atoms with E-state index < -0.39 is 5.91 Å². The summed E-state index contributed by atoms with van der Waals surface area (Å²) in [6, 6.07) is 14.0. The summed E-state index contributed by atoms with van der Waals surface area (Å²) in [5, 5.41) is 3.80. The number of amides is 2. The molecule has 1 aliphatic rings. The Labute approximate surface area is 159 Å². The maximum atomic E-state index is 12.2. The van der Waals surface area contributed by atoms with E-state index in [4.69, 9.17) is 22.1 Å². The van der Waals surface area contributed by atoms with Crippen molar-refractivity contribution in [3.8, 4) is 5.75 Å². The number of aliphatic imine (C=N–C) groups is 1. The average Bonchev–Trinajstić information content (AvgIpc) is 2.95. The predicted octanol–water partition coefficient (Wildman–Crippen LogP) is 3.10. The fraction of sp³-hybridized carbons (Fsp3) is 0.0556. The van der Waals surface area contributed by atoms with Gasteiger partial charge in [-0.2, -0.15) is 0 Å². The number of carbonyl (C=O) groups is 2. The van der Waals surface area contributed by atoms with Crippen molar-refractivity contribution in [2.75, 3.05) is 6.61 Å². The molecule has 1 aliphatic heterocycles. The minimum atomic E-state index is -0.571. The minimum absolute atomic E-state index is 0.233. The molecule has 1 heterocycles. The number of amidine groups is 1. The molecule has 0 aliphatic carbocycles.